The first kappa shape index (κ1) is 17.4. The van der Waals surface area contributed by atoms with Crippen molar-refractivity contribution in [2.75, 3.05) is 6.61 Å². The Morgan fingerprint density at radius 3 is 2.56 bits per heavy atom. The summed E-state index contributed by atoms with van der Waals surface area (Å²) in [6.07, 6.45) is 0.0914. The van der Waals surface area contributed by atoms with Gasteiger partial charge in [-0.1, -0.05) is 29.8 Å². The molecule has 5 nitrogen and oxygen atoms in total. The summed E-state index contributed by atoms with van der Waals surface area (Å²) in [5.41, 5.74) is 0.187. The number of carbonyl (C=O) groups excluding carboxylic acids is 1. The van der Waals surface area contributed by atoms with Crippen LogP contribution in [0.3, 0.4) is 0 Å². The maximum Gasteiger partial charge on any atom is 0.358 e. The SMILES string of the molecule is O=C(Cc1nc(=O)n(CCOc2ccccc2)s1)c1ccc(Cl)cc1. The monoisotopic (exact) mass is 374 g/mol. The highest BCUT2D eigenvalue weighted by Crippen LogP contribution is 2.13. The van der Waals surface area contributed by atoms with Crippen molar-refractivity contribution in [2.45, 2.75) is 13.0 Å². The van der Waals surface area contributed by atoms with Gasteiger partial charge >= 0.3 is 5.69 Å². The molecule has 0 saturated carbocycles. The zero-order valence-corrected chi connectivity index (χ0v) is 14.8. The van der Waals surface area contributed by atoms with Gasteiger partial charge in [0.2, 0.25) is 0 Å². The van der Waals surface area contributed by atoms with E-state index in [9.17, 15) is 9.59 Å². The molecule has 0 aliphatic heterocycles. The van der Waals surface area contributed by atoms with Gasteiger partial charge in [0, 0.05) is 10.6 Å². The summed E-state index contributed by atoms with van der Waals surface area (Å²) < 4.78 is 7.07. The molecule has 0 N–H and O–H groups in total. The molecule has 7 heteroatoms. The summed E-state index contributed by atoms with van der Waals surface area (Å²) in [5.74, 6) is 0.649. The second kappa shape index (κ2) is 8.09. The zero-order chi connectivity index (χ0) is 17.6. The quantitative estimate of drug-likeness (QED) is 0.594. The molecule has 1 heterocycles. The maximum absolute atomic E-state index is 12.2. The molecule has 0 radical (unpaired) electrons. The van der Waals surface area contributed by atoms with Gasteiger partial charge in [0.25, 0.3) is 0 Å². The maximum atomic E-state index is 12.2. The highest BCUT2D eigenvalue weighted by atomic mass is 35.5. The summed E-state index contributed by atoms with van der Waals surface area (Å²) in [6.45, 7) is 0.747. The minimum atomic E-state index is -0.361. The van der Waals surface area contributed by atoms with Crippen molar-refractivity contribution in [1.82, 2.24) is 8.94 Å². The molecule has 2 aromatic carbocycles. The van der Waals surface area contributed by atoms with E-state index >= 15 is 0 Å². The first-order chi connectivity index (χ1) is 12.1. The van der Waals surface area contributed by atoms with Crippen molar-refractivity contribution < 1.29 is 9.53 Å². The number of ketones is 1. The molecule has 0 aliphatic carbocycles. The Hall–Kier alpha value is -2.44. The third kappa shape index (κ3) is 4.78. The van der Waals surface area contributed by atoms with Crippen LogP contribution in [0.4, 0.5) is 0 Å². The van der Waals surface area contributed by atoms with E-state index in [1.807, 2.05) is 30.3 Å². The van der Waals surface area contributed by atoms with Crippen molar-refractivity contribution in [2.24, 2.45) is 0 Å². The predicted molar refractivity (Wildman–Crippen MR) is 97.8 cm³/mol. The summed E-state index contributed by atoms with van der Waals surface area (Å²) in [7, 11) is 0. The number of ether oxygens (including phenoxy) is 1. The Bertz CT molecular complexity index is 904. The smallest absolute Gasteiger partial charge is 0.358 e. The topological polar surface area (TPSA) is 61.2 Å². The molecular formula is C18H15ClN2O3S. The van der Waals surface area contributed by atoms with Crippen molar-refractivity contribution >= 4 is 28.9 Å². The van der Waals surface area contributed by atoms with E-state index in [0.717, 1.165) is 5.75 Å². The Balaban J connectivity index is 1.59. The normalized spacial score (nSPS) is 10.6. The first-order valence-corrected chi connectivity index (χ1v) is 8.80. The number of Topliss-reactive ketones (excluding diaryl/α,β-unsaturated/α-hetero) is 1. The Kier molecular flexibility index (Phi) is 5.63. The minimum absolute atomic E-state index is 0.0914. The number of hydrogen-bond donors (Lipinski definition) is 0. The van der Waals surface area contributed by atoms with Gasteiger partial charge in [-0.25, -0.2) is 8.75 Å². The number of rotatable bonds is 7. The van der Waals surface area contributed by atoms with E-state index < -0.39 is 0 Å². The molecule has 0 fully saturated rings. The lowest BCUT2D eigenvalue weighted by atomic mass is 10.1. The molecule has 3 rings (SSSR count). The zero-order valence-electron chi connectivity index (χ0n) is 13.2. The van der Waals surface area contributed by atoms with E-state index in [4.69, 9.17) is 16.3 Å². The third-order valence-corrected chi connectivity index (χ3v) is 4.69. The molecule has 128 valence electrons. The molecule has 25 heavy (non-hydrogen) atoms. The lowest BCUT2D eigenvalue weighted by Gasteiger charge is -2.04. The van der Waals surface area contributed by atoms with Crippen LogP contribution in [0, 0.1) is 0 Å². The fourth-order valence-corrected chi connectivity index (χ4v) is 3.18. The van der Waals surface area contributed by atoms with Gasteiger partial charge in [-0.15, -0.1) is 0 Å². The number of nitrogens with zero attached hydrogens (tertiary/aromatic N) is 2. The first-order valence-electron chi connectivity index (χ1n) is 7.65. The molecule has 0 unspecified atom stereocenters. The second-order valence-electron chi connectivity index (χ2n) is 5.25. The van der Waals surface area contributed by atoms with Crippen LogP contribution in [-0.2, 0) is 13.0 Å². The average Bonchev–Trinajstić information content (AvgIpc) is 2.96. The van der Waals surface area contributed by atoms with E-state index in [2.05, 4.69) is 4.98 Å². The Labute approximate surface area is 153 Å². The van der Waals surface area contributed by atoms with E-state index in [1.54, 1.807) is 24.3 Å². The third-order valence-electron chi connectivity index (χ3n) is 3.43. The predicted octanol–water partition coefficient (Wildman–Crippen LogP) is 3.46. The Morgan fingerprint density at radius 2 is 1.84 bits per heavy atom. The van der Waals surface area contributed by atoms with Crippen LogP contribution in [-0.4, -0.2) is 21.3 Å². The second-order valence-corrected chi connectivity index (χ2v) is 6.78. The van der Waals surface area contributed by atoms with Crippen LogP contribution in [0.1, 0.15) is 15.4 Å². The van der Waals surface area contributed by atoms with Crippen LogP contribution >= 0.6 is 23.1 Å². The van der Waals surface area contributed by atoms with Crippen LogP contribution in [0.15, 0.2) is 59.4 Å². The Morgan fingerprint density at radius 1 is 1.12 bits per heavy atom. The molecule has 1 aromatic heterocycles. The molecule has 0 amide bonds. The molecule has 0 bridgehead atoms. The highest BCUT2D eigenvalue weighted by Gasteiger charge is 2.12. The van der Waals surface area contributed by atoms with Crippen LogP contribution in [0.5, 0.6) is 5.75 Å². The number of aromatic nitrogens is 2. The average molecular weight is 375 g/mol. The standard InChI is InChI=1S/C18H15ClN2O3S/c19-14-8-6-13(7-9-14)16(22)12-17-20-18(23)21(25-17)10-11-24-15-4-2-1-3-5-15/h1-9H,10-12H2. The fraction of sp³-hybridized carbons (Fsp3) is 0.167. The lowest BCUT2D eigenvalue weighted by Crippen LogP contribution is -2.19. The highest BCUT2D eigenvalue weighted by molar-refractivity contribution is 7.06. The number of benzene rings is 2. The van der Waals surface area contributed by atoms with E-state index in [1.165, 1.54) is 15.5 Å². The molecule has 0 atom stereocenters. The van der Waals surface area contributed by atoms with Gasteiger partial charge in [0.05, 0.1) is 13.0 Å². The number of hydrogen-bond acceptors (Lipinski definition) is 5. The van der Waals surface area contributed by atoms with Gasteiger partial charge in [-0.05, 0) is 47.9 Å². The van der Waals surface area contributed by atoms with Crippen molar-refractivity contribution in [3.8, 4) is 5.75 Å². The summed E-state index contributed by atoms with van der Waals surface area (Å²) in [4.78, 5) is 28.1. The molecular weight excluding hydrogens is 360 g/mol. The van der Waals surface area contributed by atoms with Gasteiger partial charge in [-0.2, -0.15) is 4.98 Å². The number of para-hydroxylation sites is 1. The fourth-order valence-electron chi connectivity index (χ4n) is 2.20. The van der Waals surface area contributed by atoms with Crippen molar-refractivity contribution in [1.29, 1.82) is 0 Å². The van der Waals surface area contributed by atoms with Crippen LogP contribution in [0.2, 0.25) is 5.02 Å². The molecule has 0 spiro atoms. The number of halogens is 1. The van der Waals surface area contributed by atoms with Gasteiger partial charge in [0.15, 0.2) is 5.78 Å². The van der Waals surface area contributed by atoms with Gasteiger partial charge in [-0.3, -0.25) is 4.79 Å². The molecule has 0 saturated heterocycles. The van der Waals surface area contributed by atoms with E-state index in [0.29, 0.717) is 28.7 Å². The molecule has 3 aromatic rings. The molecule has 0 aliphatic rings. The van der Waals surface area contributed by atoms with Crippen molar-refractivity contribution in [3.63, 3.8) is 0 Å². The van der Waals surface area contributed by atoms with Gasteiger partial charge < -0.3 is 4.74 Å². The lowest BCUT2D eigenvalue weighted by molar-refractivity contribution is 0.0993. The largest absolute Gasteiger partial charge is 0.492 e. The van der Waals surface area contributed by atoms with Gasteiger partial charge in [0.1, 0.15) is 17.4 Å². The van der Waals surface area contributed by atoms with Crippen molar-refractivity contribution in [3.05, 3.63) is 80.7 Å². The van der Waals surface area contributed by atoms with Crippen LogP contribution < -0.4 is 10.4 Å². The van der Waals surface area contributed by atoms with Crippen LogP contribution in [0.25, 0.3) is 0 Å². The summed E-state index contributed by atoms with van der Waals surface area (Å²) in [5, 5.41) is 1.06. The summed E-state index contributed by atoms with van der Waals surface area (Å²) in [6, 6.07) is 16.0. The summed E-state index contributed by atoms with van der Waals surface area (Å²) >= 11 is 7.00. The van der Waals surface area contributed by atoms with E-state index in [-0.39, 0.29) is 17.9 Å². The number of carbonyl (C=O) groups is 1. The minimum Gasteiger partial charge on any atom is -0.492 e.